The highest BCUT2D eigenvalue weighted by Gasteiger charge is 2.60. The van der Waals surface area contributed by atoms with Gasteiger partial charge in [-0.1, -0.05) is 38.1 Å². The molecule has 0 aromatic heterocycles. The van der Waals surface area contributed by atoms with Gasteiger partial charge >= 0.3 is 11.9 Å². The first-order chi connectivity index (χ1) is 15.3. The fraction of sp³-hybridized carbons (Fsp3) is 0.643. The molecule has 0 aliphatic heterocycles. The van der Waals surface area contributed by atoms with Crippen molar-refractivity contribution in [3.05, 3.63) is 48.0 Å². The van der Waals surface area contributed by atoms with E-state index in [-0.39, 0.29) is 35.0 Å². The van der Waals surface area contributed by atoms with E-state index >= 15 is 0 Å². The monoisotopic (exact) mass is 436 g/mol. The van der Waals surface area contributed by atoms with Crippen LogP contribution in [0.3, 0.4) is 0 Å². The summed E-state index contributed by atoms with van der Waals surface area (Å²) in [6.07, 6.45) is 12.3. The molecule has 3 fully saturated rings. The molecule has 3 unspecified atom stereocenters. The Morgan fingerprint density at radius 1 is 0.938 bits per heavy atom. The number of hydrogen-bond acceptors (Lipinski definition) is 4. The van der Waals surface area contributed by atoms with Crippen LogP contribution < -0.4 is 0 Å². The van der Waals surface area contributed by atoms with Crippen LogP contribution in [0.25, 0.3) is 0 Å². The van der Waals surface area contributed by atoms with Crippen LogP contribution in [-0.4, -0.2) is 24.1 Å². The van der Waals surface area contributed by atoms with Crippen LogP contribution in [0.1, 0.15) is 76.1 Å². The predicted molar refractivity (Wildman–Crippen MR) is 123 cm³/mol. The summed E-state index contributed by atoms with van der Waals surface area (Å²) in [4.78, 5) is 24.2. The second kappa shape index (κ2) is 8.04. The summed E-state index contributed by atoms with van der Waals surface area (Å²) < 4.78 is 11.7. The Hall–Kier alpha value is -2.10. The fourth-order valence-corrected chi connectivity index (χ4v) is 7.99. The fourth-order valence-electron chi connectivity index (χ4n) is 7.99. The molecule has 172 valence electrons. The SMILES string of the molecule is CC(=O)OC1C=C[C@@]2(C)C(CC[C@@H]3[C@@H]2CC[C@]2(C)C(OC(=O)c4ccccc4)CC[C@@H]32)C1. The molecule has 0 bridgehead atoms. The van der Waals surface area contributed by atoms with E-state index in [1.54, 1.807) is 0 Å². The molecule has 0 N–H and O–H groups in total. The minimum Gasteiger partial charge on any atom is -0.458 e. The molecule has 1 aromatic carbocycles. The Morgan fingerprint density at radius 2 is 1.72 bits per heavy atom. The zero-order valence-corrected chi connectivity index (χ0v) is 19.6. The van der Waals surface area contributed by atoms with E-state index in [2.05, 4.69) is 26.0 Å². The zero-order chi connectivity index (χ0) is 22.5. The molecule has 8 atom stereocenters. The Kier molecular flexibility index (Phi) is 5.46. The highest BCUT2D eigenvalue weighted by atomic mass is 16.5. The maximum atomic E-state index is 12.8. The van der Waals surface area contributed by atoms with E-state index in [1.807, 2.05) is 30.3 Å². The van der Waals surface area contributed by atoms with Gasteiger partial charge in [-0.05, 0) is 92.2 Å². The second-order valence-electron chi connectivity index (χ2n) is 11.1. The Labute approximate surface area is 191 Å². The molecule has 0 spiro atoms. The number of fused-ring (bicyclic) bond motifs is 5. The number of ether oxygens (including phenoxy) is 2. The molecule has 5 rings (SSSR count). The minimum atomic E-state index is -0.188. The van der Waals surface area contributed by atoms with Gasteiger partial charge in [0.2, 0.25) is 0 Å². The van der Waals surface area contributed by atoms with Gasteiger partial charge in [0.15, 0.2) is 0 Å². The number of carbonyl (C=O) groups is 2. The lowest BCUT2D eigenvalue weighted by Crippen LogP contribution is -2.53. The summed E-state index contributed by atoms with van der Waals surface area (Å²) in [7, 11) is 0. The van der Waals surface area contributed by atoms with Crippen molar-refractivity contribution in [2.24, 2.45) is 34.5 Å². The molecule has 32 heavy (non-hydrogen) atoms. The maximum Gasteiger partial charge on any atom is 0.338 e. The first-order valence-electron chi connectivity index (χ1n) is 12.4. The quantitative estimate of drug-likeness (QED) is 0.433. The van der Waals surface area contributed by atoms with Crippen molar-refractivity contribution in [3.8, 4) is 0 Å². The molecule has 0 radical (unpaired) electrons. The van der Waals surface area contributed by atoms with Gasteiger partial charge in [0.1, 0.15) is 12.2 Å². The third kappa shape index (κ3) is 3.50. The maximum absolute atomic E-state index is 12.8. The van der Waals surface area contributed by atoms with Gasteiger partial charge in [0, 0.05) is 12.3 Å². The molecule has 3 saturated carbocycles. The molecule has 0 amide bonds. The number of esters is 2. The van der Waals surface area contributed by atoms with Gasteiger partial charge in [-0.25, -0.2) is 4.79 Å². The van der Waals surface area contributed by atoms with Crippen LogP contribution >= 0.6 is 0 Å². The van der Waals surface area contributed by atoms with Gasteiger partial charge < -0.3 is 9.47 Å². The predicted octanol–water partition coefficient (Wildman–Crippen LogP) is 5.96. The second-order valence-corrected chi connectivity index (χ2v) is 11.1. The summed E-state index contributed by atoms with van der Waals surface area (Å²) >= 11 is 0. The molecule has 4 aliphatic carbocycles. The first kappa shape index (κ1) is 21.7. The molecular weight excluding hydrogens is 400 g/mol. The molecular formula is C28H36O4. The van der Waals surface area contributed by atoms with E-state index < -0.39 is 0 Å². The van der Waals surface area contributed by atoms with Crippen LogP contribution in [0.4, 0.5) is 0 Å². The van der Waals surface area contributed by atoms with Gasteiger partial charge in [-0.15, -0.1) is 0 Å². The highest BCUT2D eigenvalue weighted by Crippen LogP contribution is 2.65. The molecule has 4 heteroatoms. The van der Waals surface area contributed by atoms with Gasteiger partial charge in [-0.3, -0.25) is 4.79 Å². The van der Waals surface area contributed by atoms with Crippen LogP contribution in [0.15, 0.2) is 42.5 Å². The lowest BCUT2D eigenvalue weighted by atomic mass is 9.46. The van der Waals surface area contributed by atoms with Crippen LogP contribution in [0.2, 0.25) is 0 Å². The average molecular weight is 437 g/mol. The molecule has 0 heterocycles. The number of hydrogen-bond donors (Lipinski definition) is 0. The van der Waals surface area contributed by atoms with Gasteiger partial charge in [-0.2, -0.15) is 0 Å². The molecule has 1 aromatic rings. The Balaban J connectivity index is 1.33. The summed E-state index contributed by atoms with van der Waals surface area (Å²) in [5, 5.41) is 0. The van der Waals surface area contributed by atoms with Crippen molar-refractivity contribution in [1.29, 1.82) is 0 Å². The number of benzene rings is 1. The van der Waals surface area contributed by atoms with Crippen LogP contribution in [0, 0.1) is 34.5 Å². The van der Waals surface area contributed by atoms with E-state index in [0.29, 0.717) is 29.2 Å². The number of rotatable bonds is 3. The third-order valence-electron chi connectivity index (χ3n) is 9.64. The molecule has 4 nitrogen and oxygen atoms in total. The number of allylic oxidation sites excluding steroid dienone is 1. The first-order valence-corrected chi connectivity index (χ1v) is 12.4. The standard InChI is InChI=1S/C28H36O4/c1-18(29)31-21-13-15-27(2)20(17-21)9-10-22-23-11-12-25(28(23,3)16-14-24(22)27)32-26(30)19-7-5-4-6-8-19/h4-8,13,15,20-25H,9-12,14,16-17H2,1-3H3/t20?,21?,22-,23-,24-,25?,27-,28-/m0/s1. The largest absolute Gasteiger partial charge is 0.458 e. The smallest absolute Gasteiger partial charge is 0.338 e. The van der Waals surface area contributed by atoms with Crippen molar-refractivity contribution < 1.29 is 19.1 Å². The van der Waals surface area contributed by atoms with Crippen molar-refractivity contribution in [2.75, 3.05) is 0 Å². The zero-order valence-electron chi connectivity index (χ0n) is 19.6. The average Bonchev–Trinajstić information content (AvgIpc) is 3.10. The van der Waals surface area contributed by atoms with E-state index in [4.69, 9.17) is 9.47 Å². The lowest BCUT2D eigenvalue weighted by Gasteiger charge is -2.59. The van der Waals surface area contributed by atoms with E-state index in [0.717, 1.165) is 25.7 Å². The van der Waals surface area contributed by atoms with E-state index in [9.17, 15) is 9.59 Å². The van der Waals surface area contributed by atoms with Gasteiger partial charge in [0.25, 0.3) is 0 Å². The Morgan fingerprint density at radius 3 is 2.47 bits per heavy atom. The van der Waals surface area contributed by atoms with Gasteiger partial charge in [0.05, 0.1) is 5.56 Å². The van der Waals surface area contributed by atoms with Crippen molar-refractivity contribution in [2.45, 2.75) is 77.9 Å². The summed E-state index contributed by atoms with van der Waals surface area (Å²) in [6.45, 7) is 6.33. The van der Waals surface area contributed by atoms with Crippen molar-refractivity contribution in [3.63, 3.8) is 0 Å². The summed E-state index contributed by atoms with van der Waals surface area (Å²) in [5.41, 5.74) is 0.906. The summed E-state index contributed by atoms with van der Waals surface area (Å²) in [5.74, 6) is 2.18. The topological polar surface area (TPSA) is 52.6 Å². The summed E-state index contributed by atoms with van der Waals surface area (Å²) in [6, 6.07) is 9.40. The van der Waals surface area contributed by atoms with Crippen molar-refractivity contribution >= 4 is 11.9 Å². The Bertz CT molecular complexity index is 907. The highest BCUT2D eigenvalue weighted by molar-refractivity contribution is 5.89. The minimum absolute atomic E-state index is 0.0157. The van der Waals surface area contributed by atoms with Crippen LogP contribution in [0.5, 0.6) is 0 Å². The van der Waals surface area contributed by atoms with E-state index in [1.165, 1.54) is 26.2 Å². The normalized spacial score (nSPS) is 42.3. The number of carbonyl (C=O) groups excluding carboxylic acids is 2. The molecule has 4 aliphatic rings. The lowest BCUT2D eigenvalue weighted by molar-refractivity contribution is -0.147. The van der Waals surface area contributed by atoms with Crippen LogP contribution in [-0.2, 0) is 14.3 Å². The molecule has 0 saturated heterocycles. The third-order valence-corrected chi connectivity index (χ3v) is 9.64. The van der Waals surface area contributed by atoms with Crippen molar-refractivity contribution in [1.82, 2.24) is 0 Å².